The van der Waals surface area contributed by atoms with E-state index in [-0.39, 0.29) is 13.1 Å². The van der Waals surface area contributed by atoms with Crippen LogP contribution in [0, 0.1) is 29.6 Å². The third kappa shape index (κ3) is 2.35. The molecule has 1 heterocycles. The molecule has 7 nitrogen and oxygen atoms in total. The van der Waals surface area contributed by atoms with Crippen LogP contribution < -0.4 is 16.2 Å². The van der Waals surface area contributed by atoms with Gasteiger partial charge in [-0.3, -0.25) is 0 Å². The Morgan fingerprint density at radius 3 is 2.50 bits per heavy atom. The van der Waals surface area contributed by atoms with Gasteiger partial charge in [-0.05, 0) is 6.92 Å². The van der Waals surface area contributed by atoms with Gasteiger partial charge in [-0.1, -0.05) is 0 Å². The molecule has 0 aliphatic carbocycles. The molecule has 3 N–H and O–H groups in total. The molecule has 0 amide bonds. The van der Waals surface area contributed by atoms with E-state index < -0.39 is 0 Å². The number of nitrogens with one attached hydrogen (secondary N) is 1. The SMILES string of the molecule is Cc1c(NN)ncnc1N(CC#N)CC#N. The molecule has 0 fully saturated rings. The molecule has 0 saturated heterocycles. The van der Waals surface area contributed by atoms with E-state index in [2.05, 4.69) is 15.4 Å². The smallest absolute Gasteiger partial charge is 0.148 e. The third-order valence-corrected chi connectivity index (χ3v) is 2.02. The van der Waals surface area contributed by atoms with E-state index in [1.807, 2.05) is 12.1 Å². The van der Waals surface area contributed by atoms with Crippen LogP contribution in [0.2, 0.25) is 0 Å². The van der Waals surface area contributed by atoms with E-state index in [0.29, 0.717) is 17.2 Å². The van der Waals surface area contributed by atoms with Gasteiger partial charge >= 0.3 is 0 Å². The summed E-state index contributed by atoms with van der Waals surface area (Å²) in [7, 11) is 0. The van der Waals surface area contributed by atoms with Crippen molar-refractivity contribution in [1.82, 2.24) is 9.97 Å². The summed E-state index contributed by atoms with van der Waals surface area (Å²) in [6.07, 6.45) is 1.33. The van der Waals surface area contributed by atoms with E-state index in [1.54, 1.807) is 11.8 Å². The number of hydrazine groups is 1. The normalized spacial score (nSPS) is 9.00. The summed E-state index contributed by atoms with van der Waals surface area (Å²) in [4.78, 5) is 9.52. The van der Waals surface area contributed by atoms with E-state index in [4.69, 9.17) is 16.4 Å². The van der Waals surface area contributed by atoms with E-state index >= 15 is 0 Å². The van der Waals surface area contributed by atoms with Crippen LogP contribution in [-0.2, 0) is 0 Å². The van der Waals surface area contributed by atoms with Crippen molar-refractivity contribution in [3.8, 4) is 12.1 Å². The molecule has 16 heavy (non-hydrogen) atoms. The number of nitrogens with zero attached hydrogens (tertiary/aromatic N) is 5. The summed E-state index contributed by atoms with van der Waals surface area (Å²) < 4.78 is 0. The van der Waals surface area contributed by atoms with Crippen molar-refractivity contribution < 1.29 is 0 Å². The minimum Gasteiger partial charge on any atom is -0.330 e. The van der Waals surface area contributed by atoms with Crippen molar-refractivity contribution >= 4 is 11.6 Å². The van der Waals surface area contributed by atoms with Crippen molar-refractivity contribution in [1.29, 1.82) is 10.5 Å². The fourth-order valence-corrected chi connectivity index (χ4v) is 1.28. The van der Waals surface area contributed by atoms with E-state index in [0.717, 1.165) is 0 Å². The van der Waals surface area contributed by atoms with Crippen LogP contribution in [0.1, 0.15) is 5.56 Å². The Morgan fingerprint density at radius 1 is 1.38 bits per heavy atom. The van der Waals surface area contributed by atoms with Gasteiger partial charge in [0.1, 0.15) is 31.1 Å². The van der Waals surface area contributed by atoms with Crippen LogP contribution >= 0.6 is 0 Å². The second-order valence-electron chi connectivity index (χ2n) is 2.99. The fourth-order valence-electron chi connectivity index (χ4n) is 1.28. The van der Waals surface area contributed by atoms with Gasteiger partial charge in [0.2, 0.25) is 0 Å². The number of rotatable bonds is 4. The van der Waals surface area contributed by atoms with Crippen molar-refractivity contribution in [2.75, 3.05) is 23.4 Å². The predicted molar refractivity (Wildman–Crippen MR) is 58.0 cm³/mol. The Hall–Kier alpha value is -2.38. The molecule has 82 valence electrons. The summed E-state index contributed by atoms with van der Waals surface area (Å²) in [6, 6.07) is 3.96. The maximum Gasteiger partial charge on any atom is 0.148 e. The van der Waals surface area contributed by atoms with Crippen LogP contribution in [0.25, 0.3) is 0 Å². The number of nitriles is 2. The fraction of sp³-hybridized carbons (Fsp3) is 0.333. The second kappa shape index (κ2) is 5.49. The number of aromatic nitrogens is 2. The highest BCUT2D eigenvalue weighted by molar-refractivity contribution is 5.58. The van der Waals surface area contributed by atoms with Crippen LogP contribution in [0.5, 0.6) is 0 Å². The molecular weight excluding hydrogens is 206 g/mol. The molecule has 0 atom stereocenters. The summed E-state index contributed by atoms with van der Waals surface area (Å²) >= 11 is 0. The van der Waals surface area contributed by atoms with Crippen LogP contribution in [0.4, 0.5) is 11.6 Å². The van der Waals surface area contributed by atoms with Gasteiger partial charge < -0.3 is 10.3 Å². The first-order valence-corrected chi connectivity index (χ1v) is 4.51. The molecule has 0 aliphatic rings. The number of hydrogen-bond donors (Lipinski definition) is 2. The summed E-state index contributed by atoms with van der Waals surface area (Å²) in [5, 5.41) is 17.3. The lowest BCUT2D eigenvalue weighted by molar-refractivity contribution is 0.914. The Morgan fingerprint density at radius 2 is 2.00 bits per heavy atom. The molecule has 0 aromatic carbocycles. The Labute approximate surface area is 93.1 Å². The van der Waals surface area contributed by atoms with Gasteiger partial charge in [0, 0.05) is 5.56 Å². The molecule has 0 unspecified atom stereocenters. The standard InChI is InChI=1S/C9H11N7/c1-7-8(15-12)13-6-14-9(7)16(4-2-10)5-3-11/h6H,4-5,12H2,1H3,(H,13,14,15). The van der Waals surface area contributed by atoms with Crippen molar-refractivity contribution in [2.45, 2.75) is 6.92 Å². The minimum atomic E-state index is 0.0927. The van der Waals surface area contributed by atoms with Crippen molar-refractivity contribution in [2.24, 2.45) is 5.84 Å². The van der Waals surface area contributed by atoms with Crippen molar-refractivity contribution in [3.05, 3.63) is 11.9 Å². The lowest BCUT2D eigenvalue weighted by atomic mass is 10.3. The monoisotopic (exact) mass is 217 g/mol. The molecule has 1 rings (SSSR count). The summed E-state index contributed by atoms with van der Waals surface area (Å²) in [5.41, 5.74) is 3.14. The first kappa shape index (κ1) is 11.7. The number of hydrogen-bond acceptors (Lipinski definition) is 7. The Balaban J connectivity index is 3.10. The second-order valence-corrected chi connectivity index (χ2v) is 2.99. The van der Waals surface area contributed by atoms with Gasteiger partial charge in [-0.2, -0.15) is 10.5 Å². The molecular formula is C9H11N7. The van der Waals surface area contributed by atoms with Crippen molar-refractivity contribution in [3.63, 3.8) is 0 Å². The zero-order valence-corrected chi connectivity index (χ0v) is 8.80. The first-order chi connectivity index (χ1) is 7.74. The predicted octanol–water partition coefficient (Wildman–Crippen LogP) is -0.0758. The number of nitrogen functional groups attached to an aromatic ring is 1. The summed E-state index contributed by atoms with van der Waals surface area (Å²) in [6.45, 7) is 1.96. The highest BCUT2D eigenvalue weighted by Gasteiger charge is 2.13. The average Bonchev–Trinajstić information content (AvgIpc) is 2.29. The molecule has 1 aromatic heterocycles. The molecule has 1 aromatic rings. The number of nitrogens with two attached hydrogens (primary N) is 1. The van der Waals surface area contributed by atoms with Crippen LogP contribution in [0.3, 0.4) is 0 Å². The molecule has 7 heteroatoms. The maximum absolute atomic E-state index is 8.66. The Bertz CT molecular complexity index is 426. The highest BCUT2D eigenvalue weighted by atomic mass is 15.3. The average molecular weight is 217 g/mol. The Kier molecular flexibility index (Phi) is 4.01. The first-order valence-electron chi connectivity index (χ1n) is 4.51. The van der Waals surface area contributed by atoms with Crippen LogP contribution in [-0.4, -0.2) is 23.1 Å². The van der Waals surface area contributed by atoms with Gasteiger partial charge in [-0.25, -0.2) is 15.8 Å². The molecule has 0 bridgehead atoms. The van der Waals surface area contributed by atoms with Gasteiger partial charge in [0.05, 0.1) is 12.1 Å². The van der Waals surface area contributed by atoms with Gasteiger partial charge in [-0.15, -0.1) is 0 Å². The van der Waals surface area contributed by atoms with Gasteiger partial charge in [0.15, 0.2) is 0 Å². The third-order valence-electron chi connectivity index (χ3n) is 2.02. The lowest BCUT2D eigenvalue weighted by Crippen LogP contribution is -2.26. The zero-order chi connectivity index (χ0) is 12.0. The van der Waals surface area contributed by atoms with Crippen LogP contribution in [0.15, 0.2) is 6.33 Å². The quantitative estimate of drug-likeness (QED) is 0.412. The molecule has 0 saturated carbocycles. The molecule has 0 spiro atoms. The lowest BCUT2D eigenvalue weighted by Gasteiger charge is -2.19. The zero-order valence-electron chi connectivity index (χ0n) is 8.80. The summed E-state index contributed by atoms with van der Waals surface area (Å²) in [5.74, 6) is 6.29. The maximum atomic E-state index is 8.66. The topological polar surface area (TPSA) is 115 Å². The molecule has 0 aliphatic heterocycles. The van der Waals surface area contributed by atoms with E-state index in [1.165, 1.54) is 6.33 Å². The largest absolute Gasteiger partial charge is 0.330 e. The number of anilines is 2. The highest BCUT2D eigenvalue weighted by Crippen LogP contribution is 2.20. The molecule has 0 radical (unpaired) electrons. The minimum absolute atomic E-state index is 0.0927. The van der Waals surface area contributed by atoms with Gasteiger partial charge in [0.25, 0.3) is 0 Å². The van der Waals surface area contributed by atoms with E-state index in [9.17, 15) is 0 Å².